The molecule has 0 aromatic heterocycles. The molecule has 3 heteroatoms. The third kappa shape index (κ3) is 15.5. The second-order valence-electron chi connectivity index (χ2n) is 5.98. The molecular formula is C17H35NO2. The molecular weight excluding hydrogens is 250 g/mol. The normalized spacial score (nSPS) is 12.5. The number of unbranched alkanes of at least 4 members (excludes halogenated alkanes) is 9. The van der Waals surface area contributed by atoms with Gasteiger partial charge in [0.15, 0.2) is 0 Å². The molecule has 0 aromatic carbocycles. The standard InChI is InChI=1S/C17H35NO2/c1-2-13-16(19)14-11-9-7-5-3-4-6-8-10-12-15-17(18)20/h16,19H,2-15H2,1H3,(H2,18,20). The van der Waals surface area contributed by atoms with Gasteiger partial charge in [-0.2, -0.15) is 0 Å². The number of rotatable bonds is 15. The van der Waals surface area contributed by atoms with E-state index in [9.17, 15) is 9.90 Å². The number of aliphatic hydroxyl groups excluding tert-OH is 1. The summed E-state index contributed by atoms with van der Waals surface area (Å²) in [6, 6.07) is 0. The van der Waals surface area contributed by atoms with Gasteiger partial charge in [0.2, 0.25) is 5.91 Å². The Morgan fingerprint density at radius 1 is 0.850 bits per heavy atom. The van der Waals surface area contributed by atoms with Crippen molar-refractivity contribution >= 4 is 5.91 Å². The maximum absolute atomic E-state index is 10.5. The maximum Gasteiger partial charge on any atom is 0.217 e. The highest BCUT2D eigenvalue weighted by Crippen LogP contribution is 2.13. The van der Waals surface area contributed by atoms with E-state index in [4.69, 9.17) is 5.73 Å². The van der Waals surface area contributed by atoms with E-state index >= 15 is 0 Å². The number of amides is 1. The Hall–Kier alpha value is -0.570. The predicted molar refractivity (Wildman–Crippen MR) is 85.5 cm³/mol. The molecule has 0 aromatic rings. The van der Waals surface area contributed by atoms with E-state index in [1.165, 1.54) is 51.4 Å². The van der Waals surface area contributed by atoms with Crippen molar-refractivity contribution in [2.75, 3.05) is 0 Å². The van der Waals surface area contributed by atoms with Crippen LogP contribution in [0.3, 0.4) is 0 Å². The number of aliphatic hydroxyl groups is 1. The Labute approximate surface area is 125 Å². The Balaban J connectivity index is 3.04. The zero-order valence-corrected chi connectivity index (χ0v) is 13.4. The van der Waals surface area contributed by atoms with Gasteiger partial charge in [0.1, 0.15) is 0 Å². The fraction of sp³-hybridized carbons (Fsp3) is 0.941. The zero-order chi connectivity index (χ0) is 15.1. The minimum Gasteiger partial charge on any atom is -0.393 e. The average molecular weight is 285 g/mol. The lowest BCUT2D eigenvalue weighted by atomic mass is 10.0. The highest BCUT2D eigenvalue weighted by atomic mass is 16.3. The molecule has 0 rings (SSSR count). The number of hydrogen-bond donors (Lipinski definition) is 2. The van der Waals surface area contributed by atoms with Crippen LogP contribution < -0.4 is 5.73 Å². The van der Waals surface area contributed by atoms with Crippen molar-refractivity contribution < 1.29 is 9.90 Å². The van der Waals surface area contributed by atoms with Gasteiger partial charge in [0.05, 0.1) is 6.10 Å². The highest BCUT2D eigenvalue weighted by molar-refractivity contribution is 5.73. The minimum atomic E-state index is -0.172. The summed E-state index contributed by atoms with van der Waals surface area (Å²) < 4.78 is 0. The second-order valence-corrected chi connectivity index (χ2v) is 5.98. The van der Waals surface area contributed by atoms with Crippen LogP contribution >= 0.6 is 0 Å². The van der Waals surface area contributed by atoms with Crippen molar-refractivity contribution in [3.8, 4) is 0 Å². The van der Waals surface area contributed by atoms with Crippen LogP contribution in [0.5, 0.6) is 0 Å². The predicted octanol–water partition coefficient (Wildman–Crippen LogP) is 4.31. The van der Waals surface area contributed by atoms with Crippen molar-refractivity contribution in [3.63, 3.8) is 0 Å². The third-order valence-corrected chi connectivity index (χ3v) is 3.83. The first-order chi connectivity index (χ1) is 9.66. The van der Waals surface area contributed by atoms with Crippen molar-refractivity contribution in [1.29, 1.82) is 0 Å². The molecule has 0 spiro atoms. The first kappa shape index (κ1) is 19.4. The Bertz CT molecular complexity index is 219. The third-order valence-electron chi connectivity index (χ3n) is 3.83. The molecule has 0 aliphatic rings. The molecule has 0 aliphatic heterocycles. The summed E-state index contributed by atoms with van der Waals surface area (Å²) in [7, 11) is 0. The largest absolute Gasteiger partial charge is 0.393 e. The lowest BCUT2D eigenvalue weighted by molar-refractivity contribution is -0.118. The van der Waals surface area contributed by atoms with E-state index in [2.05, 4.69) is 6.92 Å². The van der Waals surface area contributed by atoms with Gasteiger partial charge in [-0.15, -0.1) is 0 Å². The van der Waals surface area contributed by atoms with Gasteiger partial charge >= 0.3 is 0 Å². The Kier molecular flexibility index (Phi) is 14.4. The molecule has 0 fully saturated rings. The topological polar surface area (TPSA) is 63.3 Å². The smallest absolute Gasteiger partial charge is 0.217 e. The van der Waals surface area contributed by atoms with Crippen LogP contribution in [0.1, 0.15) is 96.8 Å². The van der Waals surface area contributed by atoms with Crippen molar-refractivity contribution in [3.05, 3.63) is 0 Å². The molecule has 20 heavy (non-hydrogen) atoms. The maximum atomic E-state index is 10.5. The molecule has 0 saturated heterocycles. The van der Waals surface area contributed by atoms with Crippen LogP contribution in [0.2, 0.25) is 0 Å². The molecule has 0 radical (unpaired) electrons. The fourth-order valence-electron chi connectivity index (χ4n) is 2.57. The molecule has 0 aliphatic carbocycles. The summed E-state index contributed by atoms with van der Waals surface area (Å²) in [5.74, 6) is -0.172. The number of nitrogens with two attached hydrogens (primary N) is 1. The summed E-state index contributed by atoms with van der Waals surface area (Å²) in [5, 5.41) is 9.60. The SMILES string of the molecule is CCCC(O)CCCCCCCCCCCCC(N)=O. The fourth-order valence-corrected chi connectivity index (χ4v) is 2.57. The van der Waals surface area contributed by atoms with E-state index in [0.29, 0.717) is 6.42 Å². The van der Waals surface area contributed by atoms with Gasteiger partial charge in [0, 0.05) is 6.42 Å². The van der Waals surface area contributed by atoms with Gasteiger partial charge in [0.25, 0.3) is 0 Å². The molecule has 1 atom stereocenters. The van der Waals surface area contributed by atoms with Crippen molar-refractivity contribution in [1.82, 2.24) is 0 Å². The molecule has 0 bridgehead atoms. The Morgan fingerprint density at radius 3 is 1.75 bits per heavy atom. The number of carbonyl (C=O) groups is 1. The van der Waals surface area contributed by atoms with Crippen LogP contribution in [0.25, 0.3) is 0 Å². The number of carbonyl (C=O) groups excluding carboxylic acids is 1. The first-order valence-corrected chi connectivity index (χ1v) is 8.63. The van der Waals surface area contributed by atoms with E-state index in [1.54, 1.807) is 0 Å². The summed E-state index contributed by atoms with van der Waals surface area (Å²) in [5.41, 5.74) is 5.09. The van der Waals surface area contributed by atoms with Gasteiger partial charge in [-0.25, -0.2) is 0 Å². The quantitative estimate of drug-likeness (QED) is 0.440. The minimum absolute atomic E-state index is 0.0691. The van der Waals surface area contributed by atoms with Gasteiger partial charge < -0.3 is 10.8 Å². The Morgan fingerprint density at radius 2 is 1.30 bits per heavy atom. The molecule has 1 unspecified atom stereocenters. The van der Waals surface area contributed by atoms with E-state index in [-0.39, 0.29) is 12.0 Å². The van der Waals surface area contributed by atoms with Crippen LogP contribution in [0.15, 0.2) is 0 Å². The van der Waals surface area contributed by atoms with Gasteiger partial charge in [-0.3, -0.25) is 4.79 Å². The molecule has 0 saturated carbocycles. The van der Waals surface area contributed by atoms with E-state index < -0.39 is 0 Å². The number of primary amides is 1. The molecule has 3 N–H and O–H groups in total. The second kappa shape index (κ2) is 14.8. The van der Waals surface area contributed by atoms with Crippen LogP contribution in [0, 0.1) is 0 Å². The van der Waals surface area contributed by atoms with Crippen LogP contribution in [-0.4, -0.2) is 17.1 Å². The van der Waals surface area contributed by atoms with Crippen molar-refractivity contribution in [2.24, 2.45) is 5.73 Å². The van der Waals surface area contributed by atoms with Crippen LogP contribution in [0.4, 0.5) is 0 Å². The van der Waals surface area contributed by atoms with Crippen LogP contribution in [-0.2, 0) is 4.79 Å². The molecule has 120 valence electrons. The monoisotopic (exact) mass is 285 g/mol. The van der Waals surface area contributed by atoms with E-state index in [0.717, 1.165) is 32.1 Å². The summed E-state index contributed by atoms with van der Waals surface area (Å²) in [6.07, 6.45) is 15.8. The van der Waals surface area contributed by atoms with Crippen molar-refractivity contribution in [2.45, 2.75) is 103 Å². The molecule has 0 heterocycles. The lowest BCUT2D eigenvalue weighted by Crippen LogP contribution is -2.09. The lowest BCUT2D eigenvalue weighted by Gasteiger charge is -2.08. The summed E-state index contributed by atoms with van der Waals surface area (Å²) >= 11 is 0. The van der Waals surface area contributed by atoms with Gasteiger partial charge in [-0.1, -0.05) is 71.1 Å². The molecule has 1 amide bonds. The first-order valence-electron chi connectivity index (χ1n) is 8.63. The molecule has 3 nitrogen and oxygen atoms in total. The van der Waals surface area contributed by atoms with E-state index in [1.807, 2.05) is 0 Å². The summed E-state index contributed by atoms with van der Waals surface area (Å²) in [6.45, 7) is 2.12. The zero-order valence-electron chi connectivity index (χ0n) is 13.4. The average Bonchev–Trinajstić information content (AvgIpc) is 2.40. The summed E-state index contributed by atoms with van der Waals surface area (Å²) in [4.78, 5) is 10.5. The van der Waals surface area contributed by atoms with Gasteiger partial charge in [-0.05, 0) is 19.3 Å². The number of hydrogen-bond acceptors (Lipinski definition) is 2. The highest BCUT2D eigenvalue weighted by Gasteiger charge is 2.01.